The minimum Gasteiger partial charge on any atom is -0.242 e. The summed E-state index contributed by atoms with van der Waals surface area (Å²) in [5, 5.41) is 0. The second-order valence-electron chi connectivity index (χ2n) is 11.6. The lowest BCUT2D eigenvalue weighted by Crippen LogP contribution is -2.59. The normalized spacial score (nSPS) is 42.0. The number of thioether (sulfide) groups is 1. The molecule has 0 aliphatic heterocycles. The summed E-state index contributed by atoms with van der Waals surface area (Å²) >= 11 is 3.74. The molecular formula is C29H36FNS2. The minimum absolute atomic E-state index is 0.213. The molecule has 0 unspecified atom stereocenters. The van der Waals surface area contributed by atoms with E-state index in [1.54, 1.807) is 0 Å². The fourth-order valence-corrected chi connectivity index (χ4v) is 10.7. The molecule has 1 nitrogen and oxygen atoms in total. The van der Waals surface area contributed by atoms with Crippen LogP contribution in [-0.2, 0) is 0 Å². The highest BCUT2D eigenvalue weighted by Crippen LogP contribution is 2.70. The van der Waals surface area contributed by atoms with Crippen LogP contribution in [0.25, 0.3) is 10.2 Å². The Kier molecular flexibility index (Phi) is 5.38. The zero-order valence-corrected chi connectivity index (χ0v) is 21.8. The molecule has 1 aromatic carbocycles. The van der Waals surface area contributed by atoms with E-state index < -0.39 is 5.67 Å². The van der Waals surface area contributed by atoms with Gasteiger partial charge >= 0.3 is 0 Å². The SMILES string of the molecule is C[C@@H]1C[C@H]2[C@@H]3CCC4=CCC=C[C@]4(C)[C@@]3(F)CC[C@]2(C)[C@H]1CCSc1nc2ccccc2s1. The second-order valence-corrected chi connectivity index (χ2v) is 14.0. The number of rotatable bonds is 4. The average Bonchev–Trinajstić information content (AvgIpc) is 3.32. The largest absolute Gasteiger partial charge is 0.242 e. The molecule has 4 heteroatoms. The molecule has 2 aromatic rings. The standard InChI is InChI=1S/C29H36FNS2/c1-19-18-23-22-12-11-20-8-6-7-14-28(20,3)29(22,30)16-15-27(23,2)21(19)13-17-32-26-31-24-9-4-5-10-25(24)33-26/h4-5,7-10,14,19,21-23H,6,11-13,15-18H2,1-3H3/t19-,21+,22+,23+,27-,28+,29-/m1/s1. The molecule has 0 radical (unpaired) electrons. The molecule has 0 bridgehead atoms. The van der Waals surface area contributed by atoms with Crippen LogP contribution in [0.3, 0.4) is 0 Å². The Bertz CT molecular complexity index is 1090. The lowest BCUT2D eigenvalue weighted by Gasteiger charge is -2.60. The summed E-state index contributed by atoms with van der Waals surface area (Å²) in [5.74, 6) is 3.24. The number of hydrogen-bond donors (Lipinski definition) is 0. The number of alkyl halides is 1. The first kappa shape index (κ1) is 22.3. The predicted molar refractivity (Wildman–Crippen MR) is 140 cm³/mol. The number of allylic oxidation sites excluding steroid dienone is 4. The van der Waals surface area contributed by atoms with E-state index in [0.29, 0.717) is 17.8 Å². The highest BCUT2D eigenvalue weighted by Gasteiger charge is 2.67. The van der Waals surface area contributed by atoms with Crippen molar-refractivity contribution in [2.24, 2.45) is 34.5 Å². The highest BCUT2D eigenvalue weighted by atomic mass is 32.2. The minimum atomic E-state index is -1.07. The lowest BCUT2D eigenvalue weighted by atomic mass is 9.46. The summed E-state index contributed by atoms with van der Waals surface area (Å²) in [5.41, 5.74) is 1.34. The first-order valence-corrected chi connectivity index (χ1v) is 14.7. The second kappa shape index (κ2) is 7.95. The van der Waals surface area contributed by atoms with Gasteiger partial charge in [-0.05, 0) is 93.1 Å². The Hall–Kier alpha value is -1.13. The molecule has 1 heterocycles. The molecule has 0 N–H and O–H groups in total. The number of para-hydroxylation sites is 1. The smallest absolute Gasteiger partial charge is 0.151 e. The van der Waals surface area contributed by atoms with E-state index in [0.717, 1.165) is 43.4 Å². The monoisotopic (exact) mass is 481 g/mol. The van der Waals surface area contributed by atoms with Gasteiger partial charge in [0, 0.05) is 11.2 Å². The van der Waals surface area contributed by atoms with Crippen molar-refractivity contribution in [2.75, 3.05) is 5.75 Å². The highest BCUT2D eigenvalue weighted by molar-refractivity contribution is 8.01. The molecule has 0 spiro atoms. The molecule has 1 aromatic heterocycles. The maximum absolute atomic E-state index is 17.1. The number of benzene rings is 1. The van der Waals surface area contributed by atoms with Crippen molar-refractivity contribution < 1.29 is 4.39 Å². The number of fused-ring (bicyclic) bond motifs is 6. The van der Waals surface area contributed by atoms with Gasteiger partial charge in [-0.15, -0.1) is 11.3 Å². The third-order valence-electron chi connectivity index (χ3n) is 10.2. The molecule has 0 saturated heterocycles. The van der Waals surface area contributed by atoms with Gasteiger partial charge in [-0.25, -0.2) is 9.37 Å². The average molecular weight is 482 g/mol. The van der Waals surface area contributed by atoms with Crippen molar-refractivity contribution in [1.29, 1.82) is 0 Å². The number of nitrogens with zero attached hydrogens (tertiary/aromatic N) is 1. The number of thiazole rings is 1. The lowest BCUT2D eigenvalue weighted by molar-refractivity contribution is -0.126. The number of halogens is 1. The van der Waals surface area contributed by atoms with Crippen molar-refractivity contribution >= 4 is 33.3 Å². The third kappa shape index (κ3) is 3.26. The maximum atomic E-state index is 17.1. The van der Waals surface area contributed by atoms with Gasteiger partial charge in [-0.3, -0.25) is 0 Å². The van der Waals surface area contributed by atoms with E-state index in [4.69, 9.17) is 4.98 Å². The zero-order valence-electron chi connectivity index (χ0n) is 20.1. The Morgan fingerprint density at radius 1 is 1.18 bits per heavy atom. The first-order valence-electron chi connectivity index (χ1n) is 12.9. The number of aromatic nitrogens is 1. The van der Waals surface area contributed by atoms with Crippen LogP contribution in [0, 0.1) is 34.5 Å². The quantitative estimate of drug-likeness (QED) is 0.319. The van der Waals surface area contributed by atoms with Crippen LogP contribution in [0.1, 0.15) is 65.7 Å². The van der Waals surface area contributed by atoms with E-state index >= 15 is 4.39 Å². The van der Waals surface area contributed by atoms with Gasteiger partial charge in [0.15, 0.2) is 4.34 Å². The molecule has 176 valence electrons. The molecule has 33 heavy (non-hydrogen) atoms. The molecule has 0 amide bonds. The van der Waals surface area contributed by atoms with Crippen molar-refractivity contribution in [3.8, 4) is 0 Å². The van der Waals surface area contributed by atoms with Gasteiger partial charge in [-0.1, -0.05) is 61.5 Å². The Morgan fingerprint density at radius 2 is 2.03 bits per heavy atom. The Labute approximate surface area is 206 Å². The van der Waals surface area contributed by atoms with Crippen LogP contribution in [0.5, 0.6) is 0 Å². The summed E-state index contributed by atoms with van der Waals surface area (Å²) in [6.07, 6.45) is 14.1. The topological polar surface area (TPSA) is 12.9 Å². The van der Waals surface area contributed by atoms with Crippen molar-refractivity contribution in [2.45, 2.75) is 75.7 Å². The van der Waals surface area contributed by atoms with Gasteiger partial charge in [0.25, 0.3) is 0 Å². The first-order chi connectivity index (χ1) is 15.8. The van der Waals surface area contributed by atoms with Crippen LogP contribution >= 0.6 is 23.1 Å². The summed E-state index contributed by atoms with van der Waals surface area (Å²) in [6.45, 7) is 7.18. The Morgan fingerprint density at radius 3 is 2.88 bits per heavy atom. The van der Waals surface area contributed by atoms with E-state index in [-0.39, 0.29) is 16.7 Å². The molecule has 6 rings (SSSR count). The van der Waals surface area contributed by atoms with Crippen molar-refractivity contribution in [3.63, 3.8) is 0 Å². The third-order valence-corrected chi connectivity index (χ3v) is 12.5. The van der Waals surface area contributed by atoms with Crippen LogP contribution in [0.2, 0.25) is 0 Å². The number of hydrogen-bond acceptors (Lipinski definition) is 3. The summed E-state index contributed by atoms with van der Waals surface area (Å²) in [4.78, 5) is 4.82. The van der Waals surface area contributed by atoms with Crippen LogP contribution in [-0.4, -0.2) is 16.4 Å². The summed E-state index contributed by atoms with van der Waals surface area (Å²) in [6, 6.07) is 8.44. The molecule has 3 saturated carbocycles. The molecule has 7 atom stereocenters. The van der Waals surface area contributed by atoms with Gasteiger partial charge in [0.1, 0.15) is 5.67 Å². The fraction of sp³-hybridized carbons (Fsp3) is 0.621. The molecule has 4 aliphatic carbocycles. The van der Waals surface area contributed by atoms with Crippen LogP contribution in [0.4, 0.5) is 4.39 Å². The van der Waals surface area contributed by atoms with E-state index in [9.17, 15) is 0 Å². The van der Waals surface area contributed by atoms with Crippen molar-refractivity contribution in [1.82, 2.24) is 4.98 Å². The summed E-state index contributed by atoms with van der Waals surface area (Å²) in [7, 11) is 0. The van der Waals surface area contributed by atoms with Gasteiger partial charge in [0.2, 0.25) is 0 Å². The van der Waals surface area contributed by atoms with Crippen LogP contribution < -0.4 is 0 Å². The van der Waals surface area contributed by atoms with E-state index in [2.05, 4.69) is 63.3 Å². The van der Waals surface area contributed by atoms with Gasteiger partial charge < -0.3 is 0 Å². The zero-order chi connectivity index (χ0) is 22.8. The van der Waals surface area contributed by atoms with Gasteiger partial charge in [0.05, 0.1) is 10.2 Å². The van der Waals surface area contributed by atoms with Crippen LogP contribution in [0.15, 0.2) is 52.4 Å². The molecule has 3 fully saturated rings. The van der Waals surface area contributed by atoms with Gasteiger partial charge in [-0.2, -0.15) is 0 Å². The van der Waals surface area contributed by atoms with Crippen molar-refractivity contribution in [3.05, 3.63) is 48.1 Å². The fourth-order valence-electron chi connectivity index (χ4n) is 8.50. The molecular weight excluding hydrogens is 445 g/mol. The maximum Gasteiger partial charge on any atom is 0.151 e. The summed E-state index contributed by atoms with van der Waals surface area (Å²) < 4.78 is 19.5. The predicted octanol–water partition coefficient (Wildman–Crippen LogP) is 8.86. The molecule has 4 aliphatic rings. The Balaban J connectivity index is 1.20. The van der Waals surface area contributed by atoms with E-state index in [1.807, 2.05) is 23.1 Å². The van der Waals surface area contributed by atoms with E-state index in [1.165, 1.54) is 27.5 Å².